The van der Waals surface area contributed by atoms with Gasteiger partial charge in [0.05, 0.1) is 6.20 Å². The van der Waals surface area contributed by atoms with Gasteiger partial charge in [0.15, 0.2) is 0 Å². The second-order valence-corrected chi connectivity index (χ2v) is 4.26. The van der Waals surface area contributed by atoms with Crippen LogP contribution in [-0.4, -0.2) is 19.7 Å². The van der Waals surface area contributed by atoms with Crippen molar-refractivity contribution in [1.82, 2.24) is 19.7 Å². The second kappa shape index (κ2) is 3.66. The van der Waals surface area contributed by atoms with Crippen LogP contribution in [0.4, 0.5) is 5.95 Å². The second-order valence-electron chi connectivity index (χ2n) is 4.26. The number of H-pyrrole nitrogens is 1. The zero-order valence-electron chi connectivity index (χ0n) is 9.27. The van der Waals surface area contributed by atoms with Crippen molar-refractivity contribution in [3.05, 3.63) is 29.8 Å². The van der Waals surface area contributed by atoms with E-state index in [1.165, 1.54) is 18.4 Å². The van der Waals surface area contributed by atoms with Crippen molar-refractivity contribution in [1.29, 1.82) is 0 Å². The van der Waals surface area contributed by atoms with E-state index < -0.39 is 0 Å². The summed E-state index contributed by atoms with van der Waals surface area (Å²) in [6, 6.07) is 0.662. The number of nitrogens with one attached hydrogen (secondary N) is 2. The maximum absolute atomic E-state index is 4.33. The van der Waals surface area contributed by atoms with E-state index in [1.54, 1.807) is 0 Å². The highest BCUT2D eigenvalue weighted by atomic mass is 15.2. The Morgan fingerprint density at radius 1 is 1.56 bits per heavy atom. The fraction of sp³-hybridized carbons (Fsp3) is 0.455. The highest BCUT2D eigenvalue weighted by Crippen LogP contribution is 2.36. The van der Waals surface area contributed by atoms with Crippen LogP contribution in [0.2, 0.25) is 0 Å². The number of aromatic amines is 1. The summed E-state index contributed by atoms with van der Waals surface area (Å²) < 4.78 is 2.22. The molecule has 5 nitrogen and oxygen atoms in total. The molecule has 3 rings (SSSR count). The molecular weight excluding hydrogens is 202 g/mol. The number of rotatable bonds is 4. The van der Waals surface area contributed by atoms with E-state index in [0.29, 0.717) is 6.04 Å². The number of hydrogen-bond acceptors (Lipinski definition) is 3. The molecule has 0 spiro atoms. The van der Waals surface area contributed by atoms with Crippen molar-refractivity contribution in [2.24, 2.45) is 0 Å². The highest BCUT2D eigenvalue weighted by molar-refractivity contribution is 5.30. The van der Waals surface area contributed by atoms with Gasteiger partial charge in [-0.25, -0.2) is 4.98 Å². The first-order valence-electron chi connectivity index (χ1n) is 5.60. The third kappa shape index (κ3) is 1.68. The van der Waals surface area contributed by atoms with Crippen LogP contribution in [0.5, 0.6) is 0 Å². The van der Waals surface area contributed by atoms with Gasteiger partial charge in [-0.15, -0.1) is 0 Å². The van der Waals surface area contributed by atoms with E-state index in [-0.39, 0.29) is 0 Å². The summed E-state index contributed by atoms with van der Waals surface area (Å²) in [5.74, 6) is 0.961. The smallest absolute Gasteiger partial charge is 0.203 e. The summed E-state index contributed by atoms with van der Waals surface area (Å²) in [5, 5.41) is 10.3. The average molecular weight is 217 g/mol. The minimum Gasteiger partial charge on any atom is -0.351 e. The normalized spacial score (nSPS) is 15.3. The van der Waals surface area contributed by atoms with Crippen molar-refractivity contribution in [2.45, 2.75) is 32.4 Å². The predicted octanol–water partition coefficient (Wildman–Crippen LogP) is 1.86. The fourth-order valence-electron chi connectivity index (χ4n) is 1.83. The van der Waals surface area contributed by atoms with E-state index >= 15 is 0 Å². The minimum absolute atomic E-state index is 0.662. The topological polar surface area (TPSA) is 58.5 Å². The summed E-state index contributed by atoms with van der Waals surface area (Å²) in [6.07, 6.45) is 8.30. The summed E-state index contributed by atoms with van der Waals surface area (Å²) in [6.45, 7) is 2.80. The van der Waals surface area contributed by atoms with Gasteiger partial charge in [-0.05, 0) is 19.8 Å². The molecule has 1 aliphatic carbocycles. The first kappa shape index (κ1) is 9.45. The van der Waals surface area contributed by atoms with Gasteiger partial charge in [-0.3, -0.25) is 5.10 Å². The average Bonchev–Trinajstić information content (AvgIpc) is 2.88. The van der Waals surface area contributed by atoms with Crippen LogP contribution < -0.4 is 5.32 Å². The number of imidazole rings is 1. The molecule has 5 heteroatoms. The van der Waals surface area contributed by atoms with Gasteiger partial charge in [-0.1, -0.05) is 0 Å². The third-order valence-electron chi connectivity index (χ3n) is 2.98. The van der Waals surface area contributed by atoms with Crippen LogP contribution in [0.3, 0.4) is 0 Å². The summed E-state index contributed by atoms with van der Waals surface area (Å²) in [4.78, 5) is 4.33. The van der Waals surface area contributed by atoms with Crippen molar-refractivity contribution < 1.29 is 0 Å². The van der Waals surface area contributed by atoms with Gasteiger partial charge in [-0.2, -0.15) is 5.10 Å². The fourth-order valence-corrected chi connectivity index (χ4v) is 1.83. The number of aryl methyl sites for hydroxylation is 1. The largest absolute Gasteiger partial charge is 0.351 e. The highest BCUT2D eigenvalue weighted by Gasteiger charge is 2.25. The maximum atomic E-state index is 4.33. The molecule has 0 atom stereocenters. The van der Waals surface area contributed by atoms with Crippen LogP contribution in [0, 0.1) is 6.92 Å². The van der Waals surface area contributed by atoms with Crippen LogP contribution in [0.1, 0.15) is 30.1 Å². The number of anilines is 1. The molecule has 2 aromatic heterocycles. The molecule has 1 fully saturated rings. The molecule has 0 aromatic carbocycles. The van der Waals surface area contributed by atoms with E-state index in [1.807, 2.05) is 25.5 Å². The van der Waals surface area contributed by atoms with Gasteiger partial charge >= 0.3 is 0 Å². The first-order valence-corrected chi connectivity index (χ1v) is 5.60. The van der Waals surface area contributed by atoms with E-state index in [9.17, 15) is 0 Å². The van der Waals surface area contributed by atoms with E-state index in [0.717, 1.165) is 18.2 Å². The summed E-state index contributed by atoms with van der Waals surface area (Å²) in [7, 11) is 0. The molecule has 2 heterocycles. The molecular formula is C11H15N5. The summed E-state index contributed by atoms with van der Waals surface area (Å²) in [5.41, 5.74) is 2.29. The van der Waals surface area contributed by atoms with Gasteiger partial charge in [0.25, 0.3) is 0 Å². The molecule has 0 bridgehead atoms. The van der Waals surface area contributed by atoms with Crippen LogP contribution in [0.15, 0.2) is 18.6 Å². The van der Waals surface area contributed by atoms with E-state index in [4.69, 9.17) is 0 Å². The van der Waals surface area contributed by atoms with Crippen molar-refractivity contribution in [2.75, 3.05) is 5.32 Å². The quantitative estimate of drug-likeness (QED) is 0.821. The molecule has 0 radical (unpaired) electrons. The lowest BCUT2D eigenvalue weighted by atomic mass is 10.3. The zero-order chi connectivity index (χ0) is 11.0. The Morgan fingerprint density at radius 3 is 3.12 bits per heavy atom. The maximum Gasteiger partial charge on any atom is 0.203 e. The molecule has 84 valence electrons. The molecule has 2 aromatic rings. The van der Waals surface area contributed by atoms with Crippen molar-refractivity contribution in [3.8, 4) is 0 Å². The lowest BCUT2D eigenvalue weighted by Crippen LogP contribution is -2.06. The van der Waals surface area contributed by atoms with Gasteiger partial charge in [0.2, 0.25) is 5.95 Å². The third-order valence-corrected chi connectivity index (χ3v) is 2.98. The van der Waals surface area contributed by atoms with Crippen LogP contribution in [-0.2, 0) is 6.54 Å². The monoisotopic (exact) mass is 217 g/mol. The Balaban J connectivity index is 1.70. The molecule has 0 unspecified atom stereocenters. The SMILES string of the molecule is Cc1[nH]ncc1CNc1nccn1C1CC1. The van der Waals surface area contributed by atoms with Crippen LogP contribution >= 0.6 is 0 Å². The number of nitrogens with zero attached hydrogens (tertiary/aromatic N) is 3. The van der Waals surface area contributed by atoms with Gasteiger partial charge < -0.3 is 9.88 Å². The molecule has 1 aliphatic rings. The van der Waals surface area contributed by atoms with E-state index in [2.05, 4.69) is 25.1 Å². The first-order chi connectivity index (χ1) is 7.84. The lowest BCUT2D eigenvalue weighted by molar-refractivity contribution is 0.743. The Kier molecular flexibility index (Phi) is 2.16. The summed E-state index contributed by atoms with van der Waals surface area (Å²) >= 11 is 0. The Bertz CT molecular complexity index is 480. The Labute approximate surface area is 93.9 Å². The van der Waals surface area contributed by atoms with Crippen molar-refractivity contribution in [3.63, 3.8) is 0 Å². The molecule has 16 heavy (non-hydrogen) atoms. The molecule has 2 N–H and O–H groups in total. The predicted molar refractivity (Wildman–Crippen MR) is 61.1 cm³/mol. The van der Waals surface area contributed by atoms with Gasteiger partial charge in [0.1, 0.15) is 0 Å². The van der Waals surface area contributed by atoms with Gasteiger partial charge in [0, 0.05) is 36.2 Å². The number of hydrogen-bond donors (Lipinski definition) is 2. The molecule has 0 amide bonds. The van der Waals surface area contributed by atoms with Crippen LogP contribution in [0.25, 0.3) is 0 Å². The zero-order valence-corrected chi connectivity index (χ0v) is 9.27. The minimum atomic E-state index is 0.662. The Morgan fingerprint density at radius 2 is 2.44 bits per heavy atom. The van der Waals surface area contributed by atoms with Crippen molar-refractivity contribution >= 4 is 5.95 Å². The number of aromatic nitrogens is 4. The Hall–Kier alpha value is -1.78. The molecule has 1 saturated carbocycles. The molecule has 0 aliphatic heterocycles. The standard InChI is InChI=1S/C11H15N5/c1-8-9(7-14-15-8)6-13-11-12-4-5-16(11)10-2-3-10/h4-5,7,10H,2-3,6H2,1H3,(H,12,13)(H,14,15). The lowest BCUT2D eigenvalue weighted by Gasteiger charge is -2.07. The molecule has 0 saturated heterocycles.